The number of piperidine rings is 1. The van der Waals surface area contributed by atoms with Gasteiger partial charge in [0.1, 0.15) is 29.5 Å². The SMILES string of the molecule is COC(=O)N[C@H](C(=O)N1CCC[C@H]1c1ncc(-c2ccc3c(c2F)CCc2cc(-c4ccc5nc([C@@H]6[C@H]7CC[C@H](C7)N6C(=O)[C@H](NC(=O)OC)c6ccccc6)[nH]c5c4)ccc2-3)[nH]1)C(C)C. The third-order valence-electron chi connectivity index (χ3n) is 14.2. The summed E-state index contributed by atoms with van der Waals surface area (Å²) in [5.74, 6) is 0.746. The van der Waals surface area contributed by atoms with Crippen molar-refractivity contribution in [3.05, 3.63) is 119 Å². The van der Waals surface area contributed by atoms with Gasteiger partial charge in [0, 0.05) is 18.2 Å². The van der Waals surface area contributed by atoms with Gasteiger partial charge < -0.3 is 39.9 Å². The number of aromatic amines is 2. The molecule has 1 saturated carbocycles. The van der Waals surface area contributed by atoms with Crippen molar-refractivity contribution >= 4 is 35.0 Å². The first-order valence-corrected chi connectivity index (χ1v) is 22.9. The number of amides is 4. The number of nitrogens with zero attached hydrogens (tertiary/aromatic N) is 4. The van der Waals surface area contributed by atoms with Crippen molar-refractivity contribution in [3.8, 4) is 33.5 Å². The van der Waals surface area contributed by atoms with E-state index in [1.54, 1.807) is 17.2 Å². The van der Waals surface area contributed by atoms with Crippen molar-refractivity contribution in [2.45, 2.75) is 89.0 Å². The number of halogens is 1. The second kappa shape index (κ2) is 17.4. The largest absolute Gasteiger partial charge is 0.453 e. The summed E-state index contributed by atoms with van der Waals surface area (Å²) in [4.78, 5) is 72.9. The molecule has 0 radical (unpaired) electrons. The van der Waals surface area contributed by atoms with Gasteiger partial charge in [-0.2, -0.15) is 0 Å². The Kier molecular flexibility index (Phi) is 11.3. The number of aryl methyl sites for hydroxylation is 1. The molecule has 2 aliphatic heterocycles. The van der Waals surface area contributed by atoms with Crippen LogP contribution in [0.3, 0.4) is 0 Å². The van der Waals surface area contributed by atoms with E-state index in [1.165, 1.54) is 14.2 Å². The first-order chi connectivity index (χ1) is 32.0. The van der Waals surface area contributed by atoms with Gasteiger partial charge in [-0.05, 0) is 114 Å². The lowest BCUT2D eigenvalue weighted by Gasteiger charge is -2.36. The van der Waals surface area contributed by atoms with Crippen LogP contribution in [0.5, 0.6) is 0 Å². The van der Waals surface area contributed by atoms with Crippen LogP contribution in [-0.2, 0) is 31.9 Å². The molecule has 0 spiro atoms. The molecule has 10 rings (SSSR count). The van der Waals surface area contributed by atoms with Crippen molar-refractivity contribution in [3.63, 3.8) is 0 Å². The Morgan fingerprint density at radius 1 is 0.803 bits per heavy atom. The Morgan fingerprint density at radius 3 is 2.33 bits per heavy atom. The highest BCUT2D eigenvalue weighted by Gasteiger charge is 2.51. The van der Waals surface area contributed by atoms with E-state index in [0.717, 1.165) is 70.4 Å². The topological polar surface area (TPSA) is 175 Å². The Bertz CT molecular complexity index is 2860. The van der Waals surface area contributed by atoms with E-state index < -0.39 is 24.3 Å². The maximum absolute atomic E-state index is 16.6. The van der Waals surface area contributed by atoms with Gasteiger partial charge in [-0.25, -0.2) is 23.9 Å². The molecule has 4 aromatic carbocycles. The third kappa shape index (κ3) is 7.63. The van der Waals surface area contributed by atoms with E-state index in [1.807, 2.05) is 61.2 Å². The summed E-state index contributed by atoms with van der Waals surface area (Å²) >= 11 is 0. The van der Waals surface area contributed by atoms with E-state index in [0.29, 0.717) is 54.0 Å². The lowest BCUT2D eigenvalue weighted by molar-refractivity contribution is -0.138. The summed E-state index contributed by atoms with van der Waals surface area (Å²) in [6.45, 7) is 4.27. The highest BCUT2D eigenvalue weighted by molar-refractivity contribution is 5.89. The molecule has 340 valence electrons. The summed E-state index contributed by atoms with van der Waals surface area (Å²) in [7, 11) is 2.56. The highest BCUT2D eigenvalue weighted by atomic mass is 19.1. The number of hydrogen-bond donors (Lipinski definition) is 4. The van der Waals surface area contributed by atoms with Crippen molar-refractivity contribution in [1.82, 2.24) is 40.4 Å². The molecule has 0 unspecified atom stereocenters. The maximum Gasteiger partial charge on any atom is 0.407 e. The lowest BCUT2D eigenvalue weighted by atomic mass is 9.83. The maximum atomic E-state index is 16.6. The van der Waals surface area contributed by atoms with E-state index in [4.69, 9.17) is 14.5 Å². The third-order valence-corrected chi connectivity index (χ3v) is 14.2. The number of imidazole rings is 2. The number of carbonyl (C=O) groups is 4. The first-order valence-electron chi connectivity index (χ1n) is 22.9. The number of carbonyl (C=O) groups excluding carboxylic acids is 4. The van der Waals surface area contributed by atoms with Crippen LogP contribution in [0.1, 0.15) is 92.4 Å². The standard InChI is InChI=1S/C51H53FN8O6/c1-27(2)43(57-50(63)65-3)48(61)59-22-8-11-41(59)46-53-26-40(56-46)37-20-19-35-34-17-13-29(23-31(34)14-18-36(35)42(37)52)30-15-21-38-39(25-30)55-47(54-38)45-32-12-16-33(24-32)60(45)49(62)44(58-51(64)66-4)28-9-6-5-7-10-28/h5-7,9-10,13,15,17,19-21,23,25-27,32-33,41,43-45H,8,11-12,14,16,18,22,24H2,1-4H3,(H,53,56)(H,54,55)(H,57,63)(H,58,64)/t32-,33+,41-,43-,44+,45-/m0/s1. The van der Waals surface area contributed by atoms with Gasteiger partial charge in [0.15, 0.2) is 0 Å². The number of benzene rings is 4. The van der Waals surface area contributed by atoms with Gasteiger partial charge in [0.25, 0.3) is 5.91 Å². The predicted molar refractivity (Wildman–Crippen MR) is 245 cm³/mol. The number of nitrogens with one attached hydrogen (secondary N) is 4. The van der Waals surface area contributed by atoms with E-state index in [2.05, 4.69) is 55.9 Å². The minimum Gasteiger partial charge on any atom is -0.453 e. The Morgan fingerprint density at radius 2 is 1.55 bits per heavy atom. The Hall–Kier alpha value is -7.03. The fraction of sp³-hybridized carbons (Fsp3) is 0.373. The lowest BCUT2D eigenvalue weighted by Crippen LogP contribution is -2.51. The molecule has 2 aromatic heterocycles. The van der Waals surface area contributed by atoms with Crippen LogP contribution in [-0.4, -0.2) is 86.6 Å². The fourth-order valence-corrected chi connectivity index (χ4v) is 10.9. The number of likely N-dealkylation sites (tertiary alicyclic amines) is 2. The number of methoxy groups -OCH3 is 2. The van der Waals surface area contributed by atoms with Crippen LogP contribution in [0, 0.1) is 17.7 Å². The number of alkyl carbamates (subject to hydrolysis) is 2. The summed E-state index contributed by atoms with van der Waals surface area (Å²) in [5.41, 5.74) is 9.04. The minimum atomic E-state index is -0.896. The van der Waals surface area contributed by atoms with Gasteiger partial charge >= 0.3 is 12.2 Å². The molecule has 3 fully saturated rings. The molecular weight excluding hydrogens is 840 g/mol. The van der Waals surface area contributed by atoms with Crippen molar-refractivity contribution in [2.75, 3.05) is 20.8 Å². The van der Waals surface area contributed by atoms with Crippen LogP contribution in [0.15, 0.2) is 85.1 Å². The molecule has 4 aliphatic rings. The summed E-state index contributed by atoms with van der Waals surface area (Å²) in [5, 5.41) is 5.46. The second-order valence-corrected chi connectivity index (χ2v) is 18.3. The number of H-pyrrole nitrogens is 2. The molecule has 66 heavy (non-hydrogen) atoms. The summed E-state index contributed by atoms with van der Waals surface area (Å²) < 4.78 is 26.2. The monoisotopic (exact) mass is 892 g/mol. The van der Waals surface area contributed by atoms with Gasteiger partial charge in [-0.3, -0.25) is 9.59 Å². The zero-order valence-corrected chi connectivity index (χ0v) is 37.4. The van der Waals surface area contributed by atoms with Crippen molar-refractivity contribution in [2.24, 2.45) is 11.8 Å². The van der Waals surface area contributed by atoms with Crippen LogP contribution in [0.4, 0.5) is 14.0 Å². The fourth-order valence-electron chi connectivity index (χ4n) is 10.9. The predicted octanol–water partition coefficient (Wildman–Crippen LogP) is 8.72. The summed E-state index contributed by atoms with van der Waals surface area (Å²) in [6, 6.07) is 23.4. The van der Waals surface area contributed by atoms with Crippen LogP contribution in [0.25, 0.3) is 44.5 Å². The zero-order valence-electron chi connectivity index (χ0n) is 37.4. The average Bonchev–Trinajstić information content (AvgIpc) is 4.21. The molecular formula is C51H53FN8O6. The van der Waals surface area contributed by atoms with Crippen LogP contribution < -0.4 is 10.6 Å². The number of hydrogen-bond acceptors (Lipinski definition) is 8. The molecule has 4 heterocycles. The van der Waals surface area contributed by atoms with Crippen LogP contribution in [0.2, 0.25) is 0 Å². The van der Waals surface area contributed by atoms with Gasteiger partial charge in [0.05, 0.1) is 49.2 Å². The van der Waals surface area contributed by atoms with Gasteiger partial charge in [0.2, 0.25) is 5.91 Å². The van der Waals surface area contributed by atoms with Crippen LogP contribution >= 0.6 is 0 Å². The zero-order chi connectivity index (χ0) is 45.8. The van der Waals surface area contributed by atoms with Crippen molar-refractivity contribution < 1.29 is 33.0 Å². The van der Waals surface area contributed by atoms with E-state index in [9.17, 15) is 19.2 Å². The van der Waals surface area contributed by atoms with E-state index >= 15 is 4.39 Å². The first kappa shape index (κ1) is 42.9. The molecule has 15 heteroatoms. The summed E-state index contributed by atoms with van der Waals surface area (Å²) in [6.07, 6.45) is 5.77. The van der Waals surface area contributed by atoms with Crippen molar-refractivity contribution in [1.29, 1.82) is 0 Å². The quantitative estimate of drug-likeness (QED) is 0.106. The molecule has 6 aromatic rings. The molecule has 2 bridgehead atoms. The second-order valence-electron chi connectivity index (χ2n) is 18.3. The Labute approximate surface area is 381 Å². The average molecular weight is 893 g/mol. The number of fused-ring (bicyclic) bond motifs is 6. The molecule has 14 nitrogen and oxygen atoms in total. The Balaban J connectivity index is 0.878. The van der Waals surface area contributed by atoms with Gasteiger partial charge in [-0.1, -0.05) is 74.5 Å². The van der Waals surface area contributed by atoms with E-state index in [-0.39, 0.29) is 47.6 Å². The molecule has 4 N–H and O–H groups in total. The molecule has 2 saturated heterocycles. The molecule has 2 aliphatic carbocycles. The number of ether oxygens (including phenoxy) is 2. The molecule has 4 amide bonds. The molecule has 6 atom stereocenters. The highest BCUT2D eigenvalue weighted by Crippen LogP contribution is 2.51. The normalized spacial score (nSPS) is 20.5. The minimum absolute atomic E-state index is 0.0513. The number of aromatic nitrogens is 4. The van der Waals surface area contributed by atoms with Gasteiger partial charge in [-0.15, -0.1) is 0 Å². The smallest absolute Gasteiger partial charge is 0.407 e. The number of rotatable bonds is 10.